The van der Waals surface area contributed by atoms with Gasteiger partial charge < -0.3 is 15.1 Å². The summed E-state index contributed by atoms with van der Waals surface area (Å²) in [6.45, 7) is 2.48. The molecule has 0 saturated heterocycles. The van der Waals surface area contributed by atoms with Gasteiger partial charge in [0, 0.05) is 18.8 Å². The number of benzene rings is 1. The van der Waals surface area contributed by atoms with Gasteiger partial charge in [-0.2, -0.15) is 0 Å². The summed E-state index contributed by atoms with van der Waals surface area (Å²) in [6.07, 6.45) is 1.92. The number of nitrogens with zero attached hydrogens (tertiary/aromatic N) is 4. The third-order valence-corrected chi connectivity index (χ3v) is 4.11. The lowest BCUT2D eigenvalue weighted by Crippen LogP contribution is -2.28. The van der Waals surface area contributed by atoms with Gasteiger partial charge in [0.25, 0.3) is 5.91 Å². The first-order valence-corrected chi connectivity index (χ1v) is 8.27. The highest BCUT2D eigenvalue weighted by Gasteiger charge is 2.21. The van der Waals surface area contributed by atoms with E-state index in [1.807, 2.05) is 26.2 Å². The molecule has 1 amide bonds. The first-order valence-electron chi connectivity index (χ1n) is 8.27. The van der Waals surface area contributed by atoms with Crippen molar-refractivity contribution >= 4 is 17.4 Å². The fourth-order valence-electron chi connectivity index (χ4n) is 2.85. The van der Waals surface area contributed by atoms with Crippen LogP contribution in [0.25, 0.3) is 0 Å². The quantitative estimate of drug-likeness (QED) is 0.821. The maximum atomic E-state index is 12.1. The van der Waals surface area contributed by atoms with Crippen LogP contribution >= 0.6 is 0 Å². The molecule has 126 valence electrons. The van der Waals surface area contributed by atoms with Gasteiger partial charge in [0.05, 0.1) is 0 Å². The highest BCUT2D eigenvalue weighted by atomic mass is 16.1. The largest absolute Gasteiger partial charge is 0.351 e. The molecule has 1 aliphatic heterocycles. The van der Waals surface area contributed by atoms with E-state index in [9.17, 15) is 4.79 Å². The zero-order chi connectivity index (χ0) is 16.9. The Labute approximate surface area is 142 Å². The first kappa shape index (κ1) is 16.4. The van der Waals surface area contributed by atoms with Crippen molar-refractivity contribution in [1.29, 1.82) is 0 Å². The van der Waals surface area contributed by atoms with Crippen molar-refractivity contribution in [2.75, 3.05) is 38.6 Å². The third kappa shape index (κ3) is 3.71. The van der Waals surface area contributed by atoms with Crippen LogP contribution in [-0.4, -0.2) is 54.7 Å². The van der Waals surface area contributed by atoms with E-state index in [0.29, 0.717) is 12.2 Å². The van der Waals surface area contributed by atoms with Crippen LogP contribution in [-0.2, 0) is 6.42 Å². The summed E-state index contributed by atoms with van der Waals surface area (Å²) in [5, 5.41) is 11.2. The summed E-state index contributed by atoms with van der Waals surface area (Å²) in [5.41, 5.74) is 2.85. The zero-order valence-corrected chi connectivity index (χ0v) is 14.2. The van der Waals surface area contributed by atoms with Crippen LogP contribution in [0.4, 0.5) is 11.5 Å². The molecule has 1 N–H and O–H groups in total. The van der Waals surface area contributed by atoms with E-state index in [2.05, 4.69) is 43.5 Å². The number of aromatic nitrogens is 2. The molecular formula is C18H23N5O. The molecule has 0 atom stereocenters. The van der Waals surface area contributed by atoms with E-state index in [1.54, 1.807) is 6.07 Å². The van der Waals surface area contributed by atoms with E-state index >= 15 is 0 Å². The van der Waals surface area contributed by atoms with Gasteiger partial charge >= 0.3 is 0 Å². The van der Waals surface area contributed by atoms with Crippen molar-refractivity contribution in [1.82, 2.24) is 20.4 Å². The lowest BCUT2D eigenvalue weighted by atomic mass is 10.2. The van der Waals surface area contributed by atoms with Crippen LogP contribution in [0.2, 0.25) is 0 Å². The number of amides is 1. The predicted octanol–water partition coefficient (Wildman–Crippen LogP) is 1.85. The minimum atomic E-state index is -0.172. The van der Waals surface area contributed by atoms with E-state index in [1.165, 1.54) is 11.3 Å². The molecule has 1 aromatic carbocycles. The number of anilines is 2. The van der Waals surface area contributed by atoms with Gasteiger partial charge in [0.15, 0.2) is 11.5 Å². The Bertz CT molecular complexity index is 699. The van der Waals surface area contributed by atoms with Crippen molar-refractivity contribution in [3.63, 3.8) is 0 Å². The van der Waals surface area contributed by atoms with Gasteiger partial charge in [0.2, 0.25) is 0 Å². The van der Waals surface area contributed by atoms with Crippen LogP contribution in [0.5, 0.6) is 0 Å². The van der Waals surface area contributed by atoms with Gasteiger partial charge in [-0.05, 0) is 57.2 Å². The second kappa shape index (κ2) is 7.40. The van der Waals surface area contributed by atoms with Crippen LogP contribution < -0.4 is 10.2 Å². The Morgan fingerprint density at radius 2 is 2.04 bits per heavy atom. The maximum Gasteiger partial charge on any atom is 0.271 e. The smallest absolute Gasteiger partial charge is 0.271 e. The van der Waals surface area contributed by atoms with Crippen molar-refractivity contribution in [2.45, 2.75) is 12.8 Å². The van der Waals surface area contributed by atoms with Gasteiger partial charge in [0.1, 0.15) is 0 Å². The van der Waals surface area contributed by atoms with Crippen molar-refractivity contribution in [2.24, 2.45) is 0 Å². The Kier molecular flexibility index (Phi) is 5.05. The van der Waals surface area contributed by atoms with Crippen molar-refractivity contribution in [3.8, 4) is 0 Å². The molecule has 6 heteroatoms. The average molecular weight is 325 g/mol. The average Bonchev–Trinajstić information content (AvgIpc) is 3.02. The number of rotatable bonds is 6. The van der Waals surface area contributed by atoms with Gasteiger partial charge in [-0.3, -0.25) is 4.79 Å². The monoisotopic (exact) mass is 325 g/mol. The fraction of sp³-hybridized carbons (Fsp3) is 0.389. The summed E-state index contributed by atoms with van der Waals surface area (Å²) in [7, 11) is 4.03. The molecule has 0 fully saturated rings. The molecule has 2 heterocycles. The highest BCUT2D eigenvalue weighted by molar-refractivity contribution is 5.92. The molecule has 0 unspecified atom stereocenters. The first-order chi connectivity index (χ1) is 11.6. The normalized spacial score (nSPS) is 13.2. The minimum Gasteiger partial charge on any atom is -0.351 e. The lowest BCUT2D eigenvalue weighted by Gasteiger charge is -2.17. The number of carbonyl (C=O) groups is 1. The minimum absolute atomic E-state index is 0.172. The van der Waals surface area contributed by atoms with Gasteiger partial charge in [-0.1, -0.05) is 18.2 Å². The molecule has 0 spiro atoms. The molecule has 24 heavy (non-hydrogen) atoms. The Morgan fingerprint density at radius 3 is 2.79 bits per heavy atom. The molecule has 0 radical (unpaired) electrons. The van der Waals surface area contributed by atoms with Crippen LogP contribution in [0.3, 0.4) is 0 Å². The van der Waals surface area contributed by atoms with Crippen LogP contribution in [0, 0.1) is 0 Å². The van der Waals surface area contributed by atoms with Crippen molar-refractivity contribution < 1.29 is 4.79 Å². The molecule has 0 bridgehead atoms. The fourth-order valence-corrected chi connectivity index (χ4v) is 2.85. The molecule has 1 aromatic heterocycles. The molecule has 0 aliphatic carbocycles. The number of para-hydroxylation sites is 1. The molecule has 3 rings (SSSR count). The molecule has 6 nitrogen and oxygen atoms in total. The Hall–Kier alpha value is -2.47. The topological polar surface area (TPSA) is 61.4 Å². The van der Waals surface area contributed by atoms with Crippen LogP contribution in [0.15, 0.2) is 36.4 Å². The number of fused-ring (bicyclic) bond motifs is 1. The maximum absolute atomic E-state index is 12.1. The number of hydrogen-bond acceptors (Lipinski definition) is 5. The predicted molar refractivity (Wildman–Crippen MR) is 94.7 cm³/mol. The highest BCUT2D eigenvalue weighted by Crippen LogP contribution is 2.32. The molecule has 2 aromatic rings. The van der Waals surface area contributed by atoms with E-state index in [-0.39, 0.29) is 5.91 Å². The molecule has 0 saturated carbocycles. The summed E-state index contributed by atoms with van der Waals surface area (Å²) in [5.74, 6) is 0.610. The summed E-state index contributed by atoms with van der Waals surface area (Å²) in [6, 6.07) is 11.9. The van der Waals surface area contributed by atoms with E-state index < -0.39 is 0 Å². The third-order valence-electron chi connectivity index (χ3n) is 4.11. The second-order valence-electron chi connectivity index (χ2n) is 6.22. The number of hydrogen-bond donors (Lipinski definition) is 1. The van der Waals surface area contributed by atoms with Crippen LogP contribution in [0.1, 0.15) is 22.5 Å². The summed E-state index contributed by atoms with van der Waals surface area (Å²) < 4.78 is 0. The number of nitrogens with one attached hydrogen (secondary N) is 1. The van der Waals surface area contributed by atoms with E-state index in [0.717, 1.165) is 31.7 Å². The van der Waals surface area contributed by atoms with E-state index in [4.69, 9.17) is 0 Å². The van der Waals surface area contributed by atoms with Gasteiger partial charge in [-0.25, -0.2) is 0 Å². The Balaban J connectivity index is 1.61. The molecule has 1 aliphatic rings. The van der Waals surface area contributed by atoms with Gasteiger partial charge in [-0.15, -0.1) is 10.2 Å². The second-order valence-corrected chi connectivity index (χ2v) is 6.22. The Morgan fingerprint density at radius 1 is 1.21 bits per heavy atom. The lowest BCUT2D eigenvalue weighted by molar-refractivity contribution is 0.0946. The molecular weight excluding hydrogens is 302 g/mol. The standard InChI is InChI=1S/C18H23N5O/c1-22(2)12-5-11-19-18(24)15-8-9-17(21-20-15)23-13-10-14-6-3-4-7-16(14)23/h3-4,6-9H,5,10-13H2,1-2H3,(H,19,24). The van der Waals surface area contributed by atoms with Crippen molar-refractivity contribution in [3.05, 3.63) is 47.7 Å². The zero-order valence-electron chi connectivity index (χ0n) is 14.2. The summed E-state index contributed by atoms with van der Waals surface area (Å²) >= 11 is 0. The number of carbonyl (C=O) groups excluding carboxylic acids is 1. The SMILES string of the molecule is CN(C)CCCNC(=O)c1ccc(N2CCc3ccccc32)nn1. The summed E-state index contributed by atoms with van der Waals surface area (Å²) in [4.78, 5) is 16.3.